The predicted molar refractivity (Wildman–Crippen MR) is 77.7 cm³/mol. The molecule has 0 aliphatic carbocycles. The van der Waals surface area contributed by atoms with Crippen LogP contribution in [0.2, 0.25) is 0 Å². The number of aromatic nitrogens is 1. The number of amides is 1. The molecule has 0 atom stereocenters. The fourth-order valence-electron chi connectivity index (χ4n) is 1.44. The lowest BCUT2D eigenvalue weighted by Gasteiger charge is -2.22. The molecule has 1 aromatic rings. The predicted octanol–water partition coefficient (Wildman–Crippen LogP) is 2.70. The van der Waals surface area contributed by atoms with E-state index in [1.165, 1.54) is 11.3 Å². The van der Waals surface area contributed by atoms with Crippen molar-refractivity contribution in [3.05, 3.63) is 16.1 Å². The van der Waals surface area contributed by atoms with Crippen LogP contribution in [-0.4, -0.2) is 35.7 Å². The maximum Gasteiger partial charge on any atom is 0.407 e. The number of carbonyl (C=O) groups is 1. The summed E-state index contributed by atoms with van der Waals surface area (Å²) in [7, 11) is 0. The van der Waals surface area contributed by atoms with Gasteiger partial charge in [0.2, 0.25) is 0 Å². The lowest BCUT2D eigenvalue weighted by Crippen LogP contribution is -2.44. The third kappa shape index (κ3) is 7.91. The summed E-state index contributed by atoms with van der Waals surface area (Å²) in [6, 6.07) is 0. The second-order valence-electron chi connectivity index (χ2n) is 5.67. The molecule has 1 aromatic heterocycles. The van der Waals surface area contributed by atoms with Gasteiger partial charge in [0.25, 0.3) is 5.92 Å². The molecule has 1 heterocycles. The second-order valence-corrected chi connectivity index (χ2v) is 6.74. The van der Waals surface area contributed by atoms with Gasteiger partial charge in [-0.25, -0.2) is 18.6 Å². The molecule has 120 valence electrons. The van der Waals surface area contributed by atoms with E-state index in [1.54, 1.807) is 20.8 Å². The van der Waals surface area contributed by atoms with E-state index < -0.39 is 30.7 Å². The number of alkyl halides is 2. The molecule has 5 nitrogen and oxygen atoms in total. The normalized spacial score (nSPS) is 12.3. The highest BCUT2D eigenvalue weighted by molar-refractivity contribution is 7.09. The fourth-order valence-corrected chi connectivity index (χ4v) is 2.05. The highest BCUT2D eigenvalue weighted by Gasteiger charge is 2.30. The highest BCUT2D eigenvalue weighted by atomic mass is 32.1. The minimum absolute atomic E-state index is 0.270. The van der Waals surface area contributed by atoms with Crippen LogP contribution in [0, 0.1) is 6.92 Å². The minimum Gasteiger partial charge on any atom is -0.444 e. The maximum atomic E-state index is 13.6. The number of halogens is 2. The van der Waals surface area contributed by atoms with Crippen molar-refractivity contribution < 1.29 is 18.3 Å². The molecule has 0 unspecified atom stereocenters. The van der Waals surface area contributed by atoms with E-state index in [0.29, 0.717) is 0 Å². The maximum absolute atomic E-state index is 13.6. The summed E-state index contributed by atoms with van der Waals surface area (Å²) < 4.78 is 32.0. The van der Waals surface area contributed by atoms with E-state index in [2.05, 4.69) is 15.6 Å². The number of hydrogen-bond acceptors (Lipinski definition) is 5. The van der Waals surface area contributed by atoms with E-state index >= 15 is 0 Å². The van der Waals surface area contributed by atoms with Crippen molar-refractivity contribution in [2.75, 3.05) is 13.1 Å². The molecule has 2 N–H and O–H groups in total. The largest absolute Gasteiger partial charge is 0.444 e. The quantitative estimate of drug-likeness (QED) is 0.845. The molecule has 0 aliphatic rings. The minimum atomic E-state index is -3.05. The summed E-state index contributed by atoms with van der Waals surface area (Å²) in [5.74, 6) is -3.05. The Morgan fingerprint density at radius 1 is 1.38 bits per heavy atom. The Labute approximate surface area is 127 Å². The first-order valence-corrected chi connectivity index (χ1v) is 7.42. The number of nitrogens with one attached hydrogen (secondary N) is 2. The molecule has 0 saturated carbocycles. The highest BCUT2D eigenvalue weighted by Crippen LogP contribution is 2.13. The van der Waals surface area contributed by atoms with Crippen LogP contribution in [0.1, 0.15) is 31.5 Å². The molecule has 0 radical (unpaired) electrons. The van der Waals surface area contributed by atoms with Crippen molar-refractivity contribution in [3.63, 3.8) is 0 Å². The molecule has 1 rings (SSSR count). The summed E-state index contributed by atoms with van der Waals surface area (Å²) in [4.78, 5) is 15.5. The van der Waals surface area contributed by atoms with Crippen molar-refractivity contribution in [3.8, 4) is 0 Å². The first kappa shape index (κ1) is 17.8. The van der Waals surface area contributed by atoms with Gasteiger partial charge in [0.05, 0.1) is 23.8 Å². The number of carbonyl (C=O) groups excluding carboxylic acids is 1. The van der Waals surface area contributed by atoms with E-state index in [4.69, 9.17) is 4.74 Å². The number of aryl methyl sites for hydroxylation is 1. The topological polar surface area (TPSA) is 63.2 Å². The van der Waals surface area contributed by atoms with Crippen LogP contribution in [0.4, 0.5) is 13.6 Å². The summed E-state index contributed by atoms with van der Waals surface area (Å²) >= 11 is 1.47. The van der Waals surface area contributed by atoms with Gasteiger partial charge in [0.15, 0.2) is 0 Å². The summed E-state index contributed by atoms with van der Waals surface area (Å²) in [5, 5.41) is 7.41. The smallest absolute Gasteiger partial charge is 0.407 e. The molecular formula is C13H21F2N3O2S. The zero-order valence-electron chi connectivity index (χ0n) is 12.6. The van der Waals surface area contributed by atoms with E-state index in [1.807, 2.05) is 12.3 Å². The number of rotatable bonds is 6. The van der Waals surface area contributed by atoms with Gasteiger partial charge >= 0.3 is 6.09 Å². The van der Waals surface area contributed by atoms with Crippen molar-refractivity contribution in [2.24, 2.45) is 0 Å². The Balaban J connectivity index is 2.28. The Bertz CT molecular complexity index is 472. The van der Waals surface area contributed by atoms with Gasteiger partial charge in [0, 0.05) is 11.9 Å². The molecule has 21 heavy (non-hydrogen) atoms. The van der Waals surface area contributed by atoms with Gasteiger partial charge in [-0.05, 0) is 27.7 Å². The Hall–Kier alpha value is -1.28. The summed E-state index contributed by atoms with van der Waals surface area (Å²) in [6.45, 7) is 5.82. The molecule has 0 aliphatic heterocycles. The standard InChI is InChI=1S/C13H21F2N3O2S/c1-9-18-10(6-21-9)5-16-7-13(14,15)8-17-11(19)20-12(2,3)4/h6,16H,5,7-8H2,1-4H3,(H,17,19). The van der Waals surface area contributed by atoms with Crippen LogP contribution in [0.3, 0.4) is 0 Å². The number of hydrogen-bond donors (Lipinski definition) is 2. The zero-order valence-corrected chi connectivity index (χ0v) is 13.4. The zero-order chi connectivity index (χ0) is 16.1. The van der Waals surface area contributed by atoms with Crippen LogP contribution in [0.25, 0.3) is 0 Å². The van der Waals surface area contributed by atoms with E-state index in [9.17, 15) is 13.6 Å². The lowest BCUT2D eigenvalue weighted by atomic mass is 10.2. The van der Waals surface area contributed by atoms with Crippen molar-refractivity contribution >= 4 is 17.4 Å². The van der Waals surface area contributed by atoms with E-state index in [0.717, 1.165) is 10.7 Å². The molecule has 1 amide bonds. The molecule has 0 bridgehead atoms. The van der Waals surface area contributed by atoms with Gasteiger partial charge in [-0.2, -0.15) is 0 Å². The van der Waals surface area contributed by atoms with Gasteiger partial charge in [-0.3, -0.25) is 0 Å². The summed E-state index contributed by atoms with van der Waals surface area (Å²) in [5.41, 5.74) is 0.0218. The lowest BCUT2D eigenvalue weighted by molar-refractivity contribution is -0.00380. The average Bonchev–Trinajstić information content (AvgIpc) is 2.70. The molecule has 8 heteroatoms. The van der Waals surface area contributed by atoms with Crippen molar-refractivity contribution in [1.82, 2.24) is 15.6 Å². The molecule has 0 fully saturated rings. The van der Waals surface area contributed by atoms with Crippen molar-refractivity contribution in [2.45, 2.75) is 45.8 Å². The SMILES string of the molecule is Cc1nc(CNCC(F)(F)CNC(=O)OC(C)(C)C)cs1. The second kappa shape index (κ2) is 7.13. The molecule has 0 spiro atoms. The number of nitrogens with zero attached hydrogens (tertiary/aromatic N) is 1. The van der Waals surface area contributed by atoms with Crippen LogP contribution in [0.15, 0.2) is 5.38 Å². The van der Waals surface area contributed by atoms with Gasteiger partial charge < -0.3 is 15.4 Å². The van der Waals surface area contributed by atoms with Gasteiger partial charge in [-0.15, -0.1) is 11.3 Å². The van der Waals surface area contributed by atoms with Crippen LogP contribution >= 0.6 is 11.3 Å². The average molecular weight is 321 g/mol. The first-order chi connectivity index (χ1) is 9.57. The number of thiazole rings is 1. The van der Waals surface area contributed by atoms with Gasteiger partial charge in [0.1, 0.15) is 5.60 Å². The Kier molecular flexibility index (Phi) is 6.03. The van der Waals surface area contributed by atoms with Gasteiger partial charge in [-0.1, -0.05) is 0 Å². The Morgan fingerprint density at radius 3 is 2.57 bits per heavy atom. The molecule has 0 aromatic carbocycles. The van der Waals surface area contributed by atoms with Crippen LogP contribution in [-0.2, 0) is 11.3 Å². The fraction of sp³-hybridized carbons (Fsp3) is 0.692. The summed E-state index contributed by atoms with van der Waals surface area (Å²) in [6.07, 6.45) is -0.850. The van der Waals surface area contributed by atoms with Crippen LogP contribution < -0.4 is 10.6 Å². The number of ether oxygens (including phenoxy) is 1. The molecular weight excluding hydrogens is 300 g/mol. The van der Waals surface area contributed by atoms with Crippen LogP contribution in [0.5, 0.6) is 0 Å². The third-order valence-corrected chi connectivity index (χ3v) is 3.07. The third-order valence-electron chi connectivity index (χ3n) is 2.25. The Morgan fingerprint density at radius 2 is 2.05 bits per heavy atom. The van der Waals surface area contributed by atoms with Crippen molar-refractivity contribution in [1.29, 1.82) is 0 Å². The first-order valence-electron chi connectivity index (χ1n) is 6.54. The molecule has 0 saturated heterocycles. The number of alkyl carbamates (subject to hydrolysis) is 1. The van der Waals surface area contributed by atoms with E-state index in [-0.39, 0.29) is 6.54 Å². The monoisotopic (exact) mass is 321 g/mol.